The maximum atomic E-state index is 4.70. The van der Waals surface area contributed by atoms with Gasteiger partial charge in [0.05, 0.1) is 5.69 Å². The molecular formula is C14H14BrN3S. The van der Waals surface area contributed by atoms with Crippen LogP contribution in [0.5, 0.6) is 0 Å². The molecule has 1 aliphatic rings. The highest BCUT2D eigenvalue weighted by atomic mass is 79.9. The van der Waals surface area contributed by atoms with Crippen LogP contribution < -0.4 is 5.32 Å². The summed E-state index contributed by atoms with van der Waals surface area (Å²) in [6, 6.07) is 8.30. The van der Waals surface area contributed by atoms with Gasteiger partial charge < -0.3 is 5.32 Å². The minimum atomic E-state index is 0.770. The minimum absolute atomic E-state index is 0.770. The molecule has 0 spiro atoms. The molecule has 1 aromatic heterocycles. The van der Waals surface area contributed by atoms with Crippen molar-refractivity contribution in [3.05, 3.63) is 51.4 Å². The van der Waals surface area contributed by atoms with Gasteiger partial charge in [0.15, 0.2) is 0 Å². The molecule has 0 radical (unpaired) electrons. The summed E-state index contributed by atoms with van der Waals surface area (Å²) in [6.07, 6.45) is 0.770. The summed E-state index contributed by atoms with van der Waals surface area (Å²) in [5, 5.41) is 3.19. The molecule has 0 aliphatic carbocycles. The van der Waals surface area contributed by atoms with Crippen molar-refractivity contribution in [3.63, 3.8) is 0 Å². The summed E-state index contributed by atoms with van der Waals surface area (Å²) >= 11 is 5.40. The van der Waals surface area contributed by atoms with E-state index in [0.29, 0.717) is 0 Å². The Morgan fingerprint density at radius 1 is 1.32 bits per heavy atom. The Labute approximate surface area is 125 Å². The Balaban J connectivity index is 1.93. The first kappa shape index (κ1) is 12.9. The number of aromatic nitrogens is 2. The topological polar surface area (TPSA) is 37.8 Å². The summed E-state index contributed by atoms with van der Waals surface area (Å²) in [7, 11) is 1.93. The smallest absolute Gasteiger partial charge is 0.135 e. The number of hydrogen-bond acceptors (Lipinski definition) is 4. The van der Waals surface area contributed by atoms with Crippen LogP contribution in [0.25, 0.3) is 0 Å². The summed E-state index contributed by atoms with van der Waals surface area (Å²) in [4.78, 5) is 9.34. The molecule has 0 saturated heterocycles. The van der Waals surface area contributed by atoms with E-state index < -0.39 is 0 Å². The van der Waals surface area contributed by atoms with Gasteiger partial charge in [-0.3, -0.25) is 0 Å². The molecule has 19 heavy (non-hydrogen) atoms. The molecule has 2 aromatic rings. The van der Waals surface area contributed by atoms with Crippen molar-refractivity contribution in [3.8, 4) is 0 Å². The van der Waals surface area contributed by atoms with Gasteiger partial charge in [0.25, 0.3) is 0 Å². The molecule has 0 unspecified atom stereocenters. The first-order valence-corrected chi connectivity index (χ1v) is 8.09. The predicted molar refractivity (Wildman–Crippen MR) is 83.5 cm³/mol. The Bertz CT molecular complexity index is 616. The fraction of sp³-hybridized carbons (Fsp3) is 0.286. The van der Waals surface area contributed by atoms with E-state index in [1.54, 1.807) is 0 Å². The van der Waals surface area contributed by atoms with E-state index in [1.807, 2.05) is 30.9 Å². The fourth-order valence-corrected chi connectivity index (χ4v) is 3.71. The number of nitrogens with zero attached hydrogens (tertiary/aromatic N) is 2. The second-order valence-corrected chi connectivity index (χ2v) is 6.36. The van der Waals surface area contributed by atoms with Crippen LogP contribution in [0.15, 0.2) is 28.7 Å². The number of nitrogens with one attached hydrogen (secondary N) is 1. The number of rotatable bonds is 3. The molecule has 3 nitrogen and oxygen atoms in total. The van der Waals surface area contributed by atoms with Crippen molar-refractivity contribution >= 4 is 33.5 Å². The predicted octanol–water partition coefficient (Wildman–Crippen LogP) is 3.62. The van der Waals surface area contributed by atoms with Crippen LogP contribution in [0.4, 0.5) is 5.82 Å². The van der Waals surface area contributed by atoms with Gasteiger partial charge in [-0.25, -0.2) is 9.97 Å². The van der Waals surface area contributed by atoms with Crippen LogP contribution in [0.1, 0.15) is 22.6 Å². The molecule has 0 atom stereocenters. The van der Waals surface area contributed by atoms with Gasteiger partial charge in [0.1, 0.15) is 11.6 Å². The van der Waals surface area contributed by atoms with Crippen molar-refractivity contribution in [2.45, 2.75) is 17.9 Å². The molecule has 1 aliphatic heterocycles. The highest BCUT2D eigenvalue weighted by Gasteiger charge is 2.19. The van der Waals surface area contributed by atoms with Crippen LogP contribution in [0.2, 0.25) is 0 Å². The first-order chi connectivity index (χ1) is 9.26. The molecule has 2 heterocycles. The molecule has 98 valence electrons. The summed E-state index contributed by atoms with van der Waals surface area (Å²) < 4.78 is 1.09. The van der Waals surface area contributed by atoms with Crippen molar-refractivity contribution in [1.82, 2.24) is 9.97 Å². The summed E-state index contributed by atoms with van der Waals surface area (Å²) in [6.45, 7) is 0. The average Bonchev–Trinajstić information content (AvgIpc) is 2.86. The maximum absolute atomic E-state index is 4.70. The normalized spacial score (nSPS) is 13.4. The number of benzene rings is 1. The average molecular weight is 336 g/mol. The zero-order chi connectivity index (χ0) is 13.2. The third kappa shape index (κ3) is 2.77. The summed E-state index contributed by atoms with van der Waals surface area (Å²) in [5.74, 6) is 3.89. The maximum Gasteiger partial charge on any atom is 0.135 e. The van der Waals surface area contributed by atoms with Gasteiger partial charge in [-0.15, -0.1) is 0 Å². The second kappa shape index (κ2) is 5.51. The molecular weight excluding hydrogens is 322 g/mol. The highest BCUT2D eigenvalue weighted by molar-refractivity contribution is 9.10. The Morgan fingerprint density at radius 3 is 3.00 bits per heavy atom. The number of thioether (sulfide) groups is 1. The number of hydrogen-bond donors (Lipinski definition) is 1. The third-order valence-corrected chi connectivity index (χ3v) is 4.58. The van der Waals surface area contributed by atoms with Gasteiger partial charge in [0.2, 0.25) is 0 Å². The molecule has 5 heteroatoms. The van der Waals surface area contributed by atoms with Crippen LogP contribution in [0.3, 0.4) is 0 Å². The standard InChI is InChI=1S/C14H14BrN3S/c1-16-14-11-7-19-8-12(11)17-13(18-14)6-9-3-2-4-10(15)5-9/h2-5H,6-8H2,1H3,(H,16,17,18). The Kier molecular flexibility index (Phi) is 3.75. The van der Waals surface area contributed by atoms with E-state index in [4.69, 9.17) is 4.98 Å². The van der Waals surface area contributed by atoms with E-state index >= 15 is 0 Å². The van der Waals surface area contributed by atoms with Crippen LogP contribution >= 0.6 is 27.7 Å². The number of halogens is 1. The Hall–Kier alpha value is -1.07. The highest BCUT2D eigenvalue weighted by Crippen LogP contribution is 2.32. The molecule has 0 saturated carbocycles. The molecule has 3 rings (SSSR count). The molecule has 0 fully saturated rings. The zero-order valence-corrected chi connectivity index (χ0v) is 13.0. The zero-order valence-electron chi connectivity index (χ0n) is 10.6. The first-order valence-electron chi connectivity index (χ1n) is 6.15. The lowest BCUT2D eigenvalue weighted by Crippen LogP contribution is -2.06. The lowest BCUT2D eigenvalue weighted by molar-refractivity contribution is 0.929. The fourth-order valence-electron chi connectivity index (χ4n) is 2.22. The summed E-state index contributed by atoms with van der Waals surface area (Å²) in [5.41, 5.74) is 3.68. The number of anilines is 1. The quantitative estimate of drug-likeness (QED) is 0.929. The van der Waals surface area contributed by atoms with E-state index in [-0.39, 0.29) is 0 Å². The van der Waals surface area contributed by atoms with Crippen LogP contribution in [0, 0.1) is 0 Å². The van der Waals surface area contributed by atoms with E-state index in [9.17, 15) is 0 Å². The molecule has 1 aromatic carbocycles. The second-order valence-electron chi connectivity index (χ2n) is 4.46. The van der Waals surface area contributed by atoms with Crippen LogP contribution in [-0.4, -0.2) is 17.0 Å². The van der Waals surface area contributed by atoms with E-state index in [0.717, 1.165) is 34.0 Å². The lowest BCUT2D eigenvalue weighted by atomic mass is 10.1. The van der Waals surface area contributed by atoms with Crippen LogP contribution in [-0.2, 0) is 17.9 Å². The molecule has 0 bridgehead atoms. The molecule has 0 amide bonds. The third-order valence-electron chi connectivity index (χ3n) is 3.11. The van der Waals surface area contributed by atoms with Gasteiger partial charge in [-0.2, -0.15) is 11.8 Å². The lowest BCUT2D eigenvalue weighted by Gasteiger charge is -2.09. The number of fused-ring (bicyclic) bond motifs is 1. The van der Waals surface area contributed by atoms with Gasteiger partial charge in [-0.1, -0.05) is 28.1 Å². The van der Waals surface area contributed by atoms with Crippen molar-refractivity contribution < 1.29 is 0 Å². The monoisotopic (exact) mass is 335 g/mol. The SMILES string of the molecule is CNc1nc(Cc2cccc(Br)c2)nc2c1CSC2. The largest absolute Gasteiger partial charge is 0.373 e. The molecule has 1 N–H and O–H groups in total. The van der Waals surface area contributed by atoms with Gasteiger partial charge in [0, 0.05) is 35.0 Å². The van der Waals surface area contributed by atoms with Gasteiger partial charge >= 0.3 is 0 Å². The van der Waals surface area contributed by atoms with Gasteiger partial charge in [-0.05, 0) is 17.7 Å². The van der Waals surface area contributed by atoms with E-state index in [1.165, 1.54) is 16.8 Å². The van der Waals surface area contributed by atoms with E-state index in [2.05, 4.69) is 38.4 Å². The minimum Gasteiger partial charge on any atom is -0.373 e. The van der Waals surface area contributed by atoms with Crippen molar-refractivity contribution in [1.29, 1.82) is 0 Å². The van der Waals surface area contributed by atoms with Crippen molar-refractivity contribution in [2.75, 3.05) is 12.4 Å². The van der Waals surface area contributed by atoms with Crippen molar-refractivity contribution in [2.24, 2.45) is 0 Å². The Morgan fingerprint density at radius 2 is 2.21 bits per heavy atom.